The van der Waals surface area contributed by atoms with Gasteiger partial charge in [-0.1, -0.05) is 6.92 Å². The Hall–Kier alpha value is -1.16. The summed E-state index contributed by atoms with van der Waals surface area (Å²) in [5.41, 5.74) is 0.207. The number of ether oxygens (including phenoxy) is 1. The van der Waals surface area contributed by atoms with Crippen LogP contribution in [0.5, 0.6) is 5.75 Å². The predicted octanol–water partition coefficient (Wildman–Crippen LogP) is 2.68. The molecule has 0 aliphatic rings. The molecule has 0 saturated carbocycles. The number of carbonyl (C=O) groups excluding carboxylic acids is 1. The number of methoxy groups -OCH3 is 1. The van der Waals surface area contributed by atoms with Gasteiger partial charge in [-0.2, -0.15) is 0 Å². The van der Waals surface area contributed by atoms with Crippen molar-refractivity contribution in [2.24, 2.45) is 0 Å². The zero-order chi connectivity index (χ0) is 11.3. The van der Waals surface area contributed by atoms with Crippen molar-refractivity contribution in [3.05, 3.63) is 23.8 Å². The molecule has 0 aliphatic heterocycles. The summed E-state index contributed by atoms with van der Waals surface area (Å²) in [5, 5.41) is 9.58. The van der Waals surface area contributed by atoms with Crippen LogP contribution in [0.15, 0.2) is 23.1 Å². The van der Waals surface area contributed by atoms with Crippen molar-refractivity contribution in [2.75, 3.05) is 12.9 Å². The molecule has 0 aliphatic carbocycles. The molecule has 0 unspecified atom stereocenters. The molecule has 0 atom stereocenters. The summed E-state index contributed by atoms with van der Waals surface area (Å²) in [6, 6.07) is 4.98. The molecule has 1 N–H and O–H groups in total. The van der Waals surface area contributed by atoms with E-state index >= 15 is 0 Å². The van der Waals surface area contributed by atoms with Gasteiger partial charge in [0.15, 0.2) is 0 Å². The number of esters is 1. The van der Waals surface area contributed by atoms with Crippen molar-refractivity contribution >= 4 is 17.7 Å². The molecule has 1 aromatic carbocycles. The van der Waals surface area contributed by atoms with E-state index < -0.39 is 5.97 Å². The second-order valence-electron chi connectivity index (χ2n) is 3.02. The quantitative estimate of drug-likeness (QED) is 0.633. The normalized spacial score (nSPS) is 10.0. The highest BCUT2D eigenvalue weighted by Gasteiger charge is 2.11. The largest absolute Gasteiger partial charge is 0.507 e. The average Bonchev–Trinajstić information content (AvgIpc) is 2.25. The van der Waals surface area contributed by atoms with Gasteiger partial charge in [-0.3, -0.25) is 0 Å². The lowest BCUT2D eigenvalue weighted by Crippen LogP contribution is -2.01. The fourth-order valence-corrected chi connectivity index (χ4v) is 1.90. The Labute approximate surface area is 93.4 Å². The number of hydrogen-bond acceptors (Lipinski definition) is 4. The van der Waals surface area contributed by atoms with Gasteiger partial charge in [-0.25, -0.2) is 4.79 Å². The van der Waals surface area contributed by atoms with Crippen LogP contribution in [0.3, 0.4) is 0 Å². The summed E-state index contributed by atoms with van der Waals surface area (Å²) in [6.07, 6.45) is 1.07. The molecule has 1 aromatic rings. The van der Waals surface area contributed by atoms with Gasteiger partial charge in [-0.15, -0.1) is 11.8 Å². The molecule has 4 heteroatoms. The van der Waals surface area contributed by atoms with Crippen molar-refractivity contribution in [2.45, 2.75) is 18.2 Å². The molecule has 15 heavy (non-hydrogen) atoms. The third-order valence-electron chi connectivity index (χ3n) is 1.85. The van der Waals surface area contributed by atoms with E-state index in [2.05, 4.69) is 11.7 Å². The van der Waals surface area contributed by atoms with Crippen LogP contribution < -0.4 is 0 Å². The second-order valence-corrected chi connectivity index (χ2v) is 4.19. The molecule has 0 spiro atoms. The lowest BCUT2D eigenvalue weighted by molar-refractivity contribution is 0.0597. The Morgan fingerprint density at radius 3 is 2.80 bits per heavy atom. The van der Waals surface area contributed by atoms with Crippen LogP contribution >= 0.6 is 11.8 Å². The van der Waals surface area contributed by atoms with E-state index in [0.717, 1.165) is 17.1 Å². The van der Waals surface area contributed by atoms with Crippen LogP contribution in [-0.2, 0) is 4.74 Å². The lowest BCUT2D eigenvalue weighted by Gasteiger charge is -2.05. The predicted molar refractivity (Wildman–Crippen MR) is 60.5 cm³/mol. The molecule has 0 bridgehead atoms. The maximum atomic E-state index is 11.2. The van der Waals surface area contributed by atoms with Crippen LogP contribution in [0.2, 0.25) is 0 Å². The highest BCUT2D eigenvalue weighted by molar-refractivity contribution is 7.99. The van der Waals surface area contributed by atoms with E-state index in [1.165, 1.54) is 7.11 Å². The molecule has 0 aromatic heterocycles. The van der Waals surface area contributed by atoms with Crippen LogP contribution in [0.1, 0.15) is 23.7 Å². The van der Waals surface area contributed by atoms with Gasteiger partial charge in [0, 0.05) is 4.90 Å². The Balaban J connectivity index is 2.83. The Kier molecular flexibility index (Phi) is 4.49. The second kappa shape index (κ2) is 5.66. The van der Waals surface area contributed by atoms with Crippen molar-refractivity contribution in [3.8, 4) is 5.75 Å². The van der Waals surface area contributed by atoms with E-state index in [9.17, 15) is 9.90 Å². The topological polar surface area (TPSA) is 46.5 Å². The highest BCUT2D eigenvalue weighted by Crippen LogP contribution is 2.26. The molecule has 0 heterocycles. The van der Waals surface area contributed by atoms with Crippen molar-refractivity contribution in [1.82, 2.24) is 0 Å². The van der Waals surface area contributed by atoms with Crippen molar-refractivity contribution < 1.29 is 14.6 Å². The fourth-order valence-electron chi connectivity index (χ4n) is 1.10. The number of thioether (sulfide) groups is 1. The van der Waals surface area contributed by atoms with Crippen LogP contribution in [0, 0.1) is 0 Å². The van der Waals surface area contributed by atoms with Crippen molar-refractivity contribution in [3.63, 3.8) is 0 Å². The zero-order valence-electron chi connectivity index (χ0n) is 8.82. The number of aromatic hydroxyl groups is 1. The Bertz CT molecular complexity index is 350. The summed E-state index contributed by atoms with van der Waals surface area (Å²) < 4.78 is 4.53. The molecule has 0 radical (unpaired) electrons. The maximum absolute atomic E-state index is 11.2. The molecular weight excluding hydrogens is 212 g/mol. The van der Waals surface area contributed by atoms with Gasteiger partial charge in [0.05, 0.1) is 7.11 Å². The SMILES string of the molecule is CCCSc1ccc(C(=O)OC)c(O)c1. The van der Waals surface area contributed by atoms with Gasteiger partial charge in [0.1, 0.15) is 11.3 Å². The van der Waals surface area contributed by atoms with Gasteiger partial charge in [0.2, 0.25) is 0 Å². The Morgan fingerprint density at radius 1 is 1.53 bits per heavy atom. The number of carbonyl (C=O) groups is 1. The van der Waals surface area contributed by atoms with E-state index in [0.29, 0.717) is 0 Å². The molecule has 3 nitrogen and oxygen atoms in total. The minimum absolute atomic E-state index is 0.0250. The van der Waals surface area contributed by atoms with Crippen LogP contribution in [0.4, 0.5) is 0 Å². The molecule has 82 valence electrons. The lowest BCUT2D eigenvalue weighted by atomic mass is 10.2. The fraction of sp³-hybridized carbons (Fsp3) is 0.364. The van der Waals surface area contributed by atoms with Gasteiger partial charge >= 0.3 is 5.97 Å². The average molecular weight is 226 g/mol. The number of benzene rings is 1. The first-order valence-electron chi connectivity index (χ1n) is 4.73. The number of phenolic OH excluding ortho intramolecular Hbond substituents is 1. The smallest absolute Gasteiger partial charge is 0.341 e. The van der Waals surface area contributed by atoms with Crippen molar-refractivity contribution in [1.29, 1.82) is 0 Å². The monoisotopic (exact) mass is 226 g/mol. The Morgan fingerprint density at radius 2 is 2.27 bits per heavy atom. The summed E-state index contributed by atoms with van der Waals surface area (Å²) in [7, 11) is 1.29. The molecule has 0 fully saturated rings. The number of rotatable bonds is 4. The van der Waals surface area contributed by atoms with Gasteiger partial charge in [-0.05, 0) is 30.4 Å². The molecule has 0 amide bonds. The van der Waals surface area contributed by atoms with Crippen LogP contribution in [0.25, 0.3) is 0 Å². The third kappa shape index (κ3) is 3.16. The molecule has 1 rings (SSSR count). The molecule has 0 saturated heterocycles. The van der Waals surface area contributed by atoms with Gasteiger partial charge in [0.25, 0.3) is 0 Å². The molecular formula is C11H14O3S. The van der Waals surface area contributed by atoms with Gasteiger partial charge < -0.3 is 9.84 Å². The maximum Gasteiger partial charge on any atom is 0.341 e. The zero-order valence-corrected chi connectivity index (χ0v) is 9.63. The van der Waals surface area contributed by atoms with E-state index in [1.54, 1.807) is 23.9 Å². The van der Waals surface area contributed by atoms with E-state index in [-0.39, 0.29) is 11.3 Å². The summed E-state index contributed by atoms with van der Waals surface area (Å²) in [4.78, 5) is 12.1. The summed E-state index contributed by atoms with van der Waals surface area (Å²) >= 11 is 1.65. The minimum atomic E-state index is -0.514. The highest BCUT2D eigenvalue weighted by atomic mass is 32.2. The van der Waals surface area contributed by atoms with E-state index in [1.807, 2.05) is 6.07 Å². The van der Waals surface area contributed by atoms with Crippen LogP contribution in [-0.4, -0.2) is 23.9 Å². The number of hydrogen-bond donors (Lipinski definition) is 1. The third-order valence-corrected chi connectivity index (χ3v) is 3.05. The standard InChI is InChI=1S/C11H14O3S/c1-3-6-15-8-4-5-9(10(12)7-8)11(13)14-2/h4-5,7,12H,3,6H2,1-2H3. The first kappa shape index (κ1) is 11.9. The minimum Gasteiger partial charge on any atom is -0.507 e. The first-order valence-corrected chi connectivity index (χ1v) is 5.71. The van der Waals surface area contributed by atoms with E-state index in [4.69, 9.17) is 0 Å². The first-order chi connectivity index (χ1) is 7.19. The summed E-state index contributed by atoms with van der Waals surface area (Å²) in [6.45, 7) is 2.09. The summed E-state index contributed by atoms with van der Waals surface area (Å²) in [5.74, 6) is 0.458. The number of phenols is 1.